The molecule has 0 spiro atoms. The molecule has 0 saturated carbocycles. The van der Waals surface area contributed by atoms with Crippen LogP contribution in [0.5, 0.6) is 0 Å². The molecule has 0 aliphatic heterocycles. The maximum atomic E-state index is 11.3. The van der Waals surface area contributed by atoms with Gasteiger partial charge in [-0.25, -0.2) is 4.79 Å². The molecule has 10 heteroatoms. The van der Waals surface area contributed by atoms with Crippen LogP contribution in [0.2, 0.25) is 0 Å². The highest BCUT2D eigenvalue weighted by atomic mass is 32.1. The number of nitrogens with zero attached hydrogens (tertiary/aromatic N) is 2. The lowest BCUT2D eigenvalue weighted by molar-refractivity contribution is -0.384. The molecule has 0 fully saturated rings. The Balaban J connectivity index is 2.04. The Labute approximate surface area is 130 Å². The first-order chi connectivity index (χ1) is 10.9. The number of rotatable bonds is 5. The summed E-state index contributed by atoms with van der Waals surface area (Å²) in [5.74, 6) is -1.25. The number of thiophene rings is 1. The summed E-state index contributed by atoms with van der Waals surface area (Å²) >= 11 is 0.973. The largest absolute Gasteiger partial charge is 0.478 e. The zero-order valence-electron chi connectivity index (χ0n) is 11.2. The highest BCUT2D eigenvalue weighted by molar-refractivity contribution is 7.19. The molecule has 3 rings (SSSR count). The Hall–Kier alpha value is -3.27. The number of nitro benzene ring substituents is 1. The van der Waals surface area contributed by atoms with Gasteiger partial charge in [-0.05, 0) is 11.6 Å². The molecule has 9 nitrogen and oxygen atoms in total. The van der Waals surface area contributed by atoms with Gasteiger partial charge in [-0.3, -0.25) is 25.1 Å². The Morgan fingerprint density at radius 3 is 2.52 bits per heavy atom. The number of aromatic nitrogens is 1. The fourth-order valence-corrected chi connectivity index (χ4v) is 2.92. The number of hydrogen-bond donors (Lipinski definition) is 2. The van der Waals surface area contributed by atoms with Crippen LogP contribution < -0.4 is 16.5 Å². The lowest BCUT2D eigenvalue weighted by Gasteiger charge is -1.98. The van der Waals surface area contributed by atoms with Gasteiger partial charge < -0.3 is 5.11 Å². The summed E-state index contributed by atoms with van der Waals surface area (Å²) in [5, 5.41) is 20.1. The van der Waals surface area contributed by atoms with Crippen molar-refractivity contribution in [2.24, 2.45) is 0 Å². The van der Waals surface area contributed by atoms with E-state index in [0.717, 1.165) is 11.3 Å². The van der Waals surface area contributed by atoms with Gasteiger partial charge in [0.15, 0.2) is 0 Å². The number of non-ortho nitro benzene ring substituents is 1. The topological polar surface area (TPSA) is 132 Å². The highest BCUT2D eigenvalue weighted by Crippen LogP contribution is 2.36. The van der Waals surface area contributed by atoms with Crippen molar-refractivity contribution in [2.75, 3.05) is 5.43 Å². The number of carbonyl (C=O) groups is 1. The van der Waals surface area contributed by atoms with E-state index >= 15 is 0 Å². The van der Waals surface area contributed by atoms with Crippen LogP contribution in [-0.4, -0.2) is 20.7 Å². The summed E-state index contributed by atoms with van der Waals surface area (Å²) in [6, 6.07) is 7.05. The van der Waals surface area contributed by atoms with Crippen molar-refractivity contribution >= 4 is 28.0 Å². The molecule has 2 aromatic heterocycles. The van der Waals surface area contributed by atoms with Gasteiger partial charge in [-0.2, -0.15) is 4.68 Å². The fourth-order valence-electron chi connectivity index (χ4n) is 1.89. The number of carboxylic acid groups (broad SMARTS) is 1. The zero-order chi connectivity index (χ0) is 16.7. The average molecular weight is 333 g/mol. The van der Waals surface area contributed by atoms with Crippen LogP contribution in [0.25, 0.3) is 10.4 Å². The predicted molar refractivity (Wildman–Crippen MR) is 81.7 cm³/mol. The van der Waals surface area contributed by atoms with Gasteiger partial charge in [0.2, 0.25) is 0 Å². The lowest BCUT2D eigenvalue weighted by Crippen LogP contribution is -2.09. The molecule has 2 N–H and O–H groups in total. The van der Waals surface area contributed by atoms with Gasteiger partial charge in [0.1, 0.15) is 5.00 Å². The van der Waals surface area contributed by atoms with Crippen LogP contribution in [0.3, 0.4) is 0 Å². The van der Waals surface area contributed by atoms with Crippen LogP contribution in [0, 0.1) is 10.1 Å². The lowest BCUT2D eigenvalue weighted by atomic mass is 10.1. The number of nitro groups is 1. The Bertz CT molecular complexity index is 985. The van der Waals surface area contributed by atoms with Crippen LogP contribution in [-0.2, 0) is 0 Å². The summed E-state index contributed by atoms with van der Waals surface area (Å²) in [7, 11) is 0. The van der Waals surface area contributed by atoms with Crippen molar-refractivity contribution in [1.82, 2.24) is 4.68 Å². The summed E-state index contributed by atoms with van der Waals surface area (Å²) in [4.78, 5) is 44.0. The standard InChI is InChI=1S/C13H7N3O6S/c17-11-12(18)15(11)14-10-8(13(19)20)5-9(23-10)6-2-1-3-7(4-6)16(21)22/h1-5,14H,(H,19,20). The second-order valence-electron chi connectivity index (χ2n) is 4.52. The van der Waals surface area contributed by atoms with E-state index in [-0.39, 0.29) is 16.3 Å². The zero-order valence-corrected chi connectivity index (χ0v) is 12.0. The molecule has 0 aliphatic carbocycles. The third-order valence-electron chi connectivity index (χ3n) is 3.06. The van der Waals surface area contributed by atoms with E-state index < -0.39 is 22.0 Å². The van der Waals surface area contributed by atoms with Gasteiger partial charge in [0.05, 0.1) is 10.5 Å². The summed E-state index contributed by atoms with van der Waals surface area (Å²) < 4.78 is 0.690. The second-order valence-corrected chi connectivity index (χ2v) is 5.58. The number of carboxylic acids is 1. The minimum absolute atomic E-state index is 0.0956. The van der Waals surface area contributed by atoms with E-state index in [1.165, 1.54) is 24.3 Å². The predicted octanol–water partition coefficient (Wildman–Crippen LogP) is 1.29. The monoisotopic (exact) mass is 333 g/mol. The van der Waals surface area contributed by atoms with Gasteiger partial charge in [-0.1, -0.05) is 12.1 Å². The number of hydrogen-bond acceptors (Lipinski definition) is 7. The van der Waals surface area contributed by atoms with Crippen molar-refractivity contribution in [2.45, 2.75) is 0 Å². The van der Waals surface area contributed by atoms with E-state index in [2.05, 4.69) is 5.43 Å². The van der Waals surface area contributed by atoms with Crippen molar-refractivity contribution in [3.63, 3.8) is 0 Å². The molecule has 0 unspecified atom stereocenters. The quantitative estimate of drug-likeness (QED) is 0.408. The molecular formula is C13H7N3O6S. The first kappa shape index (κ1) is 14.7. The molecule has 0 bridgehead atoms. The fraction of sp³-hybridized carbons (Fsp3) is 0. The molecule has 0 amide bonds. The molecule has 1 aromatic carbocycles. The SMILES string of the molecule is O=C(O)c1cc(-c2cccc([N+](=O)[O-])c2)sc1Nn1c(=O)c1=O. The van der Waals surface area contributed by atoms with Crippen molar-refractivity contribution in [1.29, 1.82) is 0 Å². The highest BCUT2D eigenvalue weighted by Gasteiger charge is 2.22. The van der Waals surface area contributed by atoms with E-state index in [9.17, 15) is 29.6 Å². The third kappa shape index (κ3) is 2.62. The van der Waals surface area contributed by atoms with E-state index in [1.807, 2.05) is 0 Å². The smallest absolute Gasteiger partial charge is 0.340 e. The van der Waals surface area contributed by atoms with Crippen molar-refractivity contribution < 1.29 is 14.8 Å². The molecule has 2 heterocycles. The van der Waals surface area contributed by atoms with Crippen molar-refractivity contribution in [3.8, 4) is 10.4 Å². The molecular weight excluding hydrogens is 326 g/mol. The first-order valence-corrected chi connectivity index (χ1v) is 6.97. The minimum atomic E-state index is -1.25. The second kappa shape index (κ2) is 5.18. The van der Waals surface area contributed by atoms with Crippen molar-refractivity contribution in [3.05, 3.63) is 66.7 Å². The van der Waals surface area contributed by atoms with Gasteiger partial charge >= 0.3 is 17.1 Å². The number of aromatic carboxylic acids is 1. The number of anilines is 1. The van der Waals surface area contributed by atoms with Gasteiger partial charge in [0, 0.05) is 17.0 Å². The maximum absolute atomic E-state index is 11.3. The van der Waals surface area contributed by atoms with E-state index in [4.69, 9.17) is 0 Å². The summed E-state index contributed by atoms with van der Waals surface area (Å²) in [6.07, 6.45) is 0. The van der Waals surface area contributed by atoms with Gasteiger partial charge in [-0.15, -0.1) is 11.3 Å². The molecule has 0 aliphatic rings. The summed E-state index contributed by atoms with van der Waals surface area (Å²) in [6.45, 7) is 0. The normalized spacial score (nSPS) is 10.8. The molecule has 0 radical (unpaired) electrons. The van der Waals surface area contributed by atoms with Crippen LogP contribution in [0.4, 0.5) is 10.7 Å². The summed E-state index contributed by atoms with van der Waals surface area (Å²) in [5.41, 5.74) is 1.12. The molecule has 116 valence electrons. The van der Waals surface area contributed by atoms with Crippen LogP contribution in [0.15, 0.2) is 39.9 Å². The van der Waals surface area contributed by atoms with Gasteiger partial charge in [0.25, 0.3) is 5.69 Å². The Morgan fingerprint density at radius 1 is 1.26 bits per heavy atom. The first-order valence-electron chi connectivity index (χ1n) is 6.15. The minimum Gasteiger partial charge on any atom is -0.478 e. The van der Waals surface area contributed by atoms with E-state index in [1.54, 1.807) is 6.07 Å². The molecule has 23 heavy (non-hydrogen) atoms. The Kier molecular flexibility index (Phi) is 3.30. The molecule has 0 atom stereocenters. The third-order valence-corrected chi connectivity index (χ3v) is 4.15. The molecule has 0 saturated heterocycles. The maximum Gasteiger partial charge on any atom is 0.340 e. The Morgan fingerprint density at radius 2 is 1.96 bits per heavy atom. The van der Waals surface area contributed by atoms with Crippen LogP contribution >= 0.6 is 11.3 Å². The number of nitrogens with one attached hydrogen (secondary N) is 1. The molecule has 3 aromatic rings. The van der Waals surface area contributed by atoms with Crippen LogP contribution in [0.1, 0.15) is 10.4 Å². The van der Waals surface area contributed by atoms with E-state index in [0.29, 0.717) is 15.1 Å². The number of benzene rings is 1. The average Bonchev–Trinajstić information content (AvgIpc) is 2.91.